The van der Waals surface area contributed by atoms with Crippen molar-refractivity contribution in [3.05, 3.63) is 374 Å². The molecule has 0 fully saturated rings. The molecule has 19 aromatic rings. The van der Waals surface area contributed by atoms with Crippen LogP contribution in [0.5, 0.6) is 0 Å². The highest BCUT2D eigenvalue weighted by molar-refractivity contribution is 6.25. The van der Waals surface area contributed by atoms with E-state index >= 15 is 0 Å². The van der Waals surface area contributed by atoms with E-state index in [-0.39, 0.29) is 10.8 Å². The van der Waals surface area contributed by atoms with E-state index in [1.807, 2.05) is 0 Å². The zero-order valence-corrected chi connectivity index (χ0v) is 57.5. The molecule has 2 aliphatic rings. The Morgan fingerprint density at radius 2 is 0.392 bits per heavy atom. The molecule has 0 amide bonds. The summed E-state index contributed by atoms with van der Waals surface area (Å²) in [5.74, 6) is 0. The Kier molecular flexibility index (Phi) is 13.5. The Labute approximate surface area is 594 Å². The standard InChI is InChI=1S/C53H36.C49H34/c1-53(2)51-38(24-13-25-47(51)50-41-18-7-5-16-39(41)40-17-6-12-23-46(40)52(50)53)34-27-29-35(30-28-34)48-42-19-8-10-21-44(42)49(45-22-11-9-20-43(45)48)37-31-26-33-14-3-4-15-36(33)32-37;1-49(2)47-34(25-14-26-43(47)46-37-19-8-6-17-35(37)36-18-7-13-24-42(36)48(46)49)31-27-29-33(30-28-31)45-40-22-11-9-20-38(40)44(32-15-4-3-5-16-32)39-21-10-12-23-41(39)45/h3-32H,1-2H3;3-30H,1-2H3. The van der Waals surface area contributed by atoms with Crippen LogP contribution in [0, 0.1) is 0 Å². The monoisotopic (exact) mass is 1290 g/mol. The van der Waals surface area contributed by atoms with Crippen molar-refractivity contribution in [3.8, 4) is 89.0 Å². The molecule has 0 N–H and O–H groups in total. The van der Waals surface area contributed by atoms with E-state index < -0.39 is 0 Å². The Hall–Kier alpha value is -12.5. The van der Waals surface area contributed by atoms with E-state index in [9.17, 15) is 0 Å². The van der Waals surface area contributed by atoms with Crippen molar-refractivity contribution in [3.63, 3.8) is 0 Å². The van der Waals surface area contributed by atoms with Gasteiger partial charge < -0.3 is 0 Å². The zero-order valence-electron chi connectivity index (χ0n) is 57.5. The molecule has 0 nitrogen and oxygen atoms in total. The van der Waals surface area contributed by atoms with Gasteiger partial charge in [-0.2, -0.15) is 0 Å². The maximum atomic E-state index is 2.42. The van der Waals surface area contributed by atoms with Gasteiger partial charge in [0.05, 0.1) is 0 Å². The van der Waals surface area contributed by atoms with E-state index in [1.54, 1.807) is 0 Å². The first-order valence-corrected chi connectivity index (χ1v) is 36.0. The molecule has 0 radical (unpaired) electrons. The number of fused-ring (bicyclic) bond motifs is 21. The smallest absolute Gasteiger partial charge is 0.0171 e. The van der Waals surface area contributed by atoms with Crippen LogP contribution >= 0.6 is 0 Å². The summed E-state index contributed by atoms with van der Waals surface area (Å²) in [5.41, 5.74) is 26.2. The first-order chi connectivity index (χ1) is 50.2. The third-order valence-corrected chi connectivity index (χ3v) is 23.0. The van der Waals surface area contributed by atoms with Gasteiger partial charge in [0, 0.05) is 10.8 Å². The minimum absolute atomic E-state index is 0.163. The largest absolute Gasteiger partial charge is 0.0622 e. The van der Waals surface area contributed by atoms with Gasteiger partial charge in [0.25, 0.3) is 0 Å². The summed E-state index contributed by atoms with van der Waals surface area (Å²) < 4.78 is 0. The Bertz CT molecular complexity index is 6590. The van der Waals surface area contributed by atoms with Gasteiger partial charge in [-0.1, -0.05) is 373 Å². The second-order valence-electron chi connectivity index (χ2n) is 29.2. The van der Waals surface area contributed by atoms with Crippen molar-refractivity contribution in [1.82, 2.24) is 0 Å². The molecule has 21 rings (SSSR count). The summed E-state index contributed by atoms with van der Waals surface area (Å²) in [6.45, 7) is 9.69. The van der Waals surface area contributed by atoms with Crippen molar-refractivity contribution in [2.45, 2.75) is 38.5 Å². The minimum atomic E-state index is -0.172. The molecule has 0 saturated carbocycles. The van der Waals surface area contributed by atoms with Crippen LogP contribution in [-0.4, -0.2) is 0 Å². The highest BCUT2D eigenvalue weighted by atomic mass is 14.4. The first kappa shape index (κ1) is 59.6. The molecule has 0 heteroatoms. The zero-order chi connectivity index (χ0) is 68.0. The average Bonchev–Trinajstić information content (AvgIpc) is 1.53. The van der Waals surface area contributed by atoms with Gasteiger partial charge in [-0.25, -0.2) is 0 Å². The lowest BCUT2D eigenvalue weighted by Gasteiger charge is -2.26. The molecular weight excluding hydrogens is 1230 g/mol. The molecule has 102 heavy (non-hydrogen) atoms. The minimum Gasteiger partial charge on any atom is -0.0622 e. The van der Waals surface area contributed by atoms with Crippen LogP contribution in [0.25, 0.3) is 186 Å². The second kappa shape index (κ2) is 23.0. The van der Waals surface area contributed by atoms with Gasteiger partial charge in [-0.3, -0.25) is 0 Å². The maximum Gasteiger partial charge on any atom is 0.0171 e. The fourth-order valence-electron chi connectivity index (χ4n) is 18.8. The van der Waals surface area contributed by atoms with Crippen LogP contribution in [-0.2, 0) is 10.8 Å². The molecule has 0 heterocycles. The lowest BCUT2D eigenvalue weighted by atomic mass is 9.76. The number of hydrogen-bond donors (Lipinski definition) is 0. The van der Waals surface area contributed by atoms with Crippen LogP contribution in [0.15, 0.2) is 352 Å². The Morgan fingerprint density at radius 1 is 0.147 bits per heavy atom. The summed E-state index contributed by atoms with van der Waals surface area (Å²) in [6.07, 6.45) is 0. The van der Waals surface area contributed by atoms with Gasteiger partial charge >= 0.3 is 0 Å². The van der Waals surface area contributed by atoms with Gasteiger partial charge in [-0.05, 0) is 214 Å². The number of rotatable bonds is 6. The fraction of sp³-hybridized carbons (Fsp3) is 0.0588. The average molecular weight is 1300 g/mol. The van der Waals surface area contributed by atoms with Gasteiger partial charge in [0.2, 0.25) is 0 Å². The van der Waals surface area contributed by atoms with E-state index in [1.165, 1.54) is 208 Å². The van der Waals surface area contributed by atoms with Crippen molar-refractivity contribution < 1.29 is 0 Å². The summed E-state index contributed by atoms with van der Waals surface area (Å²) >= 11 is 0. The Balaban J connectivity index is 0.000000137. The number of benzene rings is 19. The molecule has 0 spiro atoms. The second-order valence-corrected chi connectivity index (χ2v) is 29.2. The third kappa shape index (κ3) is 8.89. The summed E-state index contributed by atoms with van der Waals surface area (Å²) in [7, 11) is 0. The summed E-state index contributed by atoms with van der Waals surface area (Å²) in [5, 5.41) is 23.5. The molecular formula is C102H70. The topological polar surface area (TPSA) is 0 Å². The molecule has 0 atom stereocenters. The lowest BCUT2D eigenvalue weighted by Crippen LogP contribution is -2.17. The molecule has 478 valence electrons. The summed E-state index contributed by atoms with van der Waals surface area (Å²) in [4.78, 5) is 0. The van der Waals surface area contributed by atoms with Gasteiger partial charge in [0.15, 0.2) is 0 Å². The van der Waals surface area contributed by atoms with Crippen LogP contribution < -0.4 is 0 Å². The van der Waals surface area contributed by atoms with E-state index in [4.69, 9.17) is 0 Å². The van der Waals surface area contributed by atoms with Crippen LogP contribution in [0.1, 0.15) is 49.9 Å². The molecule has 0 bridgehead atoms. The highest BCUT2D eigenvalue weighted by Gasteiger charge is 2.42. The van der Waals surface area contributed by atoms with Crippen molar-refractivity contribution in [2.75, 3.05) is 0 Å². The van der Waals surface area contributed by atoms with Gasteiger partial charge in [-0.15, -0.1) is 0 Å². The van der Waals surface area contributed by atoms with E-state index in [0.29, 0.717) is 0 Å². The third-order valence-electron chi connectivity index (χ3n) is 23.0. The molecule has 2 aliphatic carbocycles. The fourth-order valence-corrected chi connectivity index (χ4v) is 18.8. The van der Waals surface area contributed by atoms with Crippen molar-refractivity contribution in [1.29, 1.82) is 0 Å². The lowest BCUT2D eigenvalue weighted by molar-refractivity contribution is 0.668. The predicted molar refractivity (Wildman–Crippen MR) is 438 cm³/mol. The van der Waals surface area contributed by atoms with Gasteiger partial charge in [0.1, 0.15) is 0 Å². The molecule has 0 unspecified atom stereocenters. The molecule has 0 aliphatic heterocycles. The van der Waals surface area contributed by atoms with Crippen LogP contribution in [0.4, 0.5) is 0 Å². The van der Waals surface area contributed by atoms with Crippen LogP contribution in [0.2, 0.25) is 0 Å². The Morgan fingerprint density at radius 3 is 0.755 bits per heavy atom. The predicted octanol–water partition coefficient (Wildman–Crippen LogP) is 28.4. The SMILES string of the molecule is CC1(C)c2c(-c3ccc(-c4c5ccccc5c(-c5ccc6ccccc6c5)c5ccccc45)cc3)cccc2-c2c1c1ccccc1c1ccccc21.CC1(C)c2c(-c3ccc(-c4c5ccccc5c(-c5ccccc5)c5ccccc45)cc3)cccc2-c2c1c1ccccc1c1ccccc21. The number of hydrogen-bond acceptors (Lipinski definition) is 0. The van der Waals surface area contributed by atoms with Crippen LogP contribution in [0.3, 0.4) is 0 Å². The van der Waals surface area contributed by atoms with Crippen molar-refractivity contribution in [2.24, 2.45) is 0 Å². The normalized spacial score (nSPS) is 13.3. The van der Waals surface area contributed by atoms with E-state index in [2.05, 4.69) is 380 Å². The summed E-state index contributed by atoms with van der Waals surface area (Å²) in [6, 6.07) is 131. The highest BCUT2D eigenvalue weighted by Crippen LogP contribution is 2.59. The van der Waals surface area contributed by atoms with Crippen molar-refractivity contribution >= 4 is 97.0 Å². The first-order valence-electron chi connectivity index (χ1n) is 36.0. The maximum absolute atomic E-state index is 2.42. The molecule has 0 aromatic heterocycles. The molecule has 0 saturated heterocycles. The molecule has 19 aromatic carbocycles. The quantitative estimate of drug-likeness (QED) is 0.115. The van der Waals surface area contributed by atoms with E-state index in [0.717, 1.165) is 0 Å².